The van der Waals surface area contributed by atoms with Crippen molar-refractivity contribution in [2.45, 2.75) is 18.7 Å². The molecule has 1 heterocycles. The summed E-state index contributed by atoms with van der Waals surface area (Å²) in [6.07, 6.45) is 2.02. The van der Waals surface area contributed by atoms with Gasteiger partial charge < -0.3 is 4.90 Å². The molecule has 3 aromatic rings. The molecule has 0 saturated carbocycles. The van der Waals surface area contributed by atoms with Gasteiger partial charge in [0.1, 0.15) is 0 Å². The lowest BCUT2D eigenvalue weighted by Gasteiger charge is -2.22. The molecular formula is C21H26ClN3OS2. The summed E-state index contributed by atoms with van der Waals surface area (Å²) in [5.41, 5.74) is 4.13. The zero-order valence-corrected chi connectivity index (χ0v) is 19.3. The second-order valence-electron chi connectivity index (χ2n) is 6.89. The molecule has 0 radical (unpaired) electrons. The van der Waals surface area contributed by atoms with Crippen molar-refractivity contribution in [1.29, 1.82) is 0 Å². The highest BCUT2D eigenvalue weighted by Gasteiger charge is 2.22. The highest BCUT2D eigenvalue weighted by molar-refractivity contribution is 7.98. The van der Waals surface area contributed by atoms with E-state index in [1.54, 1.807) is 23.1 Å². The number of amides is 1. The maximum atomic E-state index is 13.3. The number of aryl methyl sites for hydroxylation is 2. The van der Waals surface area contributed by atoms with Crippen molar-refractivity contribution in [2.75, 3.05) is 38.3 Å². The first kappa shape index (κ1) is 22.7. The molecule has 0 N–H and O–H groups in total. The van der Waals surface area contributed by atoms with Gasteiger partial charge in [-0.25, -0.2) is 4.98 Å². The van der Waals surface area contributed by atoms with Gasteiger partial charge in [-0.15, -0.1) is 24.2 Å². The topological polar surface area (TPSA) is 36.4 Å². The van der Waals surface area contributed by atoms with E-state index < -0.39 is 0 Å². The Morgan fingerprint density at radius 1 is 1.11 bits per heavy atom. The largest absolute Gasteiger partial charge is 0.308 e. The van der Waals surface area contributed by atoms with Crippen LogP contribution in [-0.4, -0.2) is 49.2 Å². The molecule has 0 bridgehead atoms. The predicted molar refractivity (Wildman–Crippen MR) is 125 cm³/mol. The Morgan fingerprint density at radius 3 is 2.50 bits per heavy atom. The zero-order valence-electron chi connectivity index (χ0n) is 16.9. The molecule has 0 aliphatic rings. The van der Waals surface area contributed by atoms with Crippen LogP contribution in [0.2, 0.25) is 0 Å². The number of benzene rings is 2. The maximum absolute atomic E-state index is 13.3. The van der Waals surface area contributed by atoms with Crippen LogP contribution in [0.25, 0.3) is 10.2 Å². The Morgan fingerprint density at radius 2 is 1.82 bits per heavy atom. The number of carbonyl (C=O) groups excluding carboxylic acids is 1. The summed E-state index contributed by atoms with van der Waals surface area (Å²) in [6, 6.07) is 12.1. The molecule has 4 nitrogen and oxygen atoms in total. The van der Waals surface area contributed by atoms with E-state index in [0.29, 0.717) is 12.1 Å². The number of rotatable bonds is 6. The quantitative estimate of drug-likeness (QED) is 0.494. The number of likely N-dealkylation sites (N-methyl/N-ethyl adjacent to an activating group) is 1. The van der Waals surface area contributed by atoms with Crippen molar-refractivity contribution in [1.82, 2.24) is 9.88 Å². The van der Waals surface area contributed by atoms with Crippen LogP contribution in [0.15, 0.2) is 41.3 Å². The van der Waals surface area contributed by atoms with Crippen molar-refractivity contribution in [3.05, 3.63) is 53.1 Å². The standard InChI is InChI=1S/C21H25N3OS2.ClH/c1-14-11-18-19(12-15(14)2)27-21(22-18)24(10-9-23(3)4)20(25)16-7-6-8-17(13-16)26-5;/h6-8,11-13H,9-10H2,1-5H3;1H. The monoisotopic (exact) mass is 435 g/mol. The van der Waals surface area contributed by atoms with E-state index in [1.807, 2.05) is 49.5 Å². The van der Waals surface area contributed by atoms with Crippen LogP contribution >= 0.6 is 35.5 Å². The van der Waals surface area contributed by atoms with Gasteiger partial charge >= 0.3 is 0 Å². The molecular weight excluding hydrogens is 410 g/mol. The number of carbonyl (C=O) groups is 1. The summed E-state index contributed by atoms with van der Waals surface area (Å²) < 4.78 is 1.12. The molecule has 0 spiro atoms. The molecule has 0 aliphatic carbocycles. The Labute approximate surface area is 181 Å². The summed E-state index contributed by atoms with van der Waals surface area (Å²) in [6.45, 7) is 5.59. The Hall–Kier alpha value is -1.60. The van der Waals surface area contributed by atoms with Gasteiger partial charge in [-0.3, -0.25) is 9.69 Å². The maximum Gasteiger partial charge on any atom is 0.260 e. The number of fused-ring (bicyclic) bond motifs is 1. The van der Waals surface area contributed by atoms with E-state index in [1.165, 1.54) is 11.1 Å². The van der Waals surface area contributed by atoms with Gasteiger partial charge in [-0.1, -0.05) is 17.4 Å². The van der Waals surface area contributed by atoms with E-state index in [-0.39, 0.29) is 18.3 Å². The minimum absolute atomic E-state index is 0. The normalized spacial score (nSPS) is 10.9. The molecule has 1 aromatic heterocycles. The first-order chi connectivity index (χ1) is 12.9. The van der Waals surface area contributed by atoms with E-state index in [4.69, 9.17) is 4.98 Å². The SMILES string of the molecule is CSc1cccc(C(=O)N(CCN(C)C)c2nc3cc(C)c(C)cc3s2)c1.Cl. The third kappa shape index (κ3) is 5.06. The van der Waals surface area contributed by atoms with Crippen LogP contribution < -0.4 is 4.90 Å². The number of nitrogens with zero attached hydrogens (tertiary/aromatic N) is 3. The second-order valence-corrected chi connectivity index (χ2v) is 8.78. The number of thioether (sulfide) groups is 1. The predicted octanol–water partition coefficient (Wildman–Crippen LogP) is 5.27. The van der Waals surface area contributed by atoms with Crippen LogP contribution in [0.5, 0.6) is 0 Å². The molecule has 0 atom stereocenters. The lowest BCUT2D eigenvalue weighted by molar-refractivity contribution is 0.0985. The molecule has 150 valence electrons. The van der Waals surface area contributed by atoms with Gasteiger partial charge in [0.15, 0.2) is 5.13 Å². The molecule has 28 heavy (non-hydrogen) atoms. The molecule has 0 unspecified atom stereocenters. The zero-order chi connectivity index (χ0) is 19.6. The summed E-state index contributed by atoms with van der Waals surface area (Å²) in [7, 11) is 4.03. The van der Waals surface area contributed by atoms with Crippen LogP contribution in [0.4, 0.5) is 5.13 Å². The Bertz CT molecular complexity index is 932. The lowest BCUT2D eigenvalue weighted by atomic mass is 10.1. The number of hydrogen-bond acceptors (Lipinski definition) is 5. The molecule has 3 rings (SSSR count). The first-order valence-electron chi connectivity index (χ1n) is 8.87. The van der Waals surface area contributed by atoms with Crippen molar-refractivity contribution in [2.24, 2.45) is 0 Å². The molecule has 0 aliphatic heterocycles. The minimum atomic E-state index is 0. The van der Waals surface area contributed by atoms with E-state index in [9.17, 15) is 4.79 Å². The van der Waals surface area contributed by atoms with E-state index >= 15 is 0 Å². The average Bonchev–Trinajstić information content (AvgIpc) is 3.04. The van der Waals surface area contributed by atoms with Crippen LogP contribution in [-0.2, 0) is 0 Å². The first-order valence-corrected chi connectivity index (χ1v) is 10.9. The number of thiazole rings is 1. The molecule has 1 amide bonds. The fourth-order valence-corrected chi connectivity index (χ4v) is 4.31. The van der Waals surface area contributed by atoms with Gasteiger partial charge in [-0.2, -0.15) is 0 Å². The number of halogens is 1. The van der Waals surface area contributed by atoms with Crippen molar-refractivity contribution in [3.8, 4) is 0 Å². The van der Waals surface area contributed by atoms with Crippen molar-refractivity contribution >= 4 is 56.8 Å². The Kier molecular flexibility index (Phi) is 7.89. The van der Waals surface area contributed by atoms with Gasteiger partial charge in [0, 0.05) is 23.5 Å². The summed E-state index contributed by atoms with van der Waals surface area (Å²) >= 11 is 3.22. The van der Waals surface area contributed by atoms with Gasteiger partial charge in [0.05, 0.1) is 10.2 Å². The Balaban J connectivity index is 0.00000280. The summed E-state index contributed by atoms with van der Waals surface area (Å²) in [4.78, 5) is 23.1. The minimum Gasteiger partial charge on any atom is -0.308 e. The smallest absolute Gasteiger partial charge is 0.260 e. The third-order valence-electron chi connectivity index (χ3n) is 4.56. The van der Waals surface area contributed by atoms with Gasteiger partial charge in [-0.05, 0) is 75.7 Å². The van der Waals surface area contributed by atoms with Crippen molar-refractivity contribution in [3.63, 3.8) is 0 Å². The van der Waals surface area contributed by atoms with E-state index in [2.05, 4.69) is 30.9 Å². The van der Waals surface area contributed by atoms with Gasteiger partial charge in [0.2, 0.25) is 0 Å². The lowest BCUT2D eigenvalue weighted by Crippen LogP contribution is -2.36. The highest BCUT2D eigenvalue weighted by Crippen LogP contribution is 2.31. The van der Waals surface area contributed by atoms with E-state index in [0.717, 1.165) is 26.8 Å². The number of hydrogen-bond donors (Lipinski definition) is 0. The summed E-state index contributed by atoms with van der Waals surface area (Å²) in [5, 5.41) is 0.761. The average molecular weight is 436 g/mol. The fourth-order valence-electron chi connectivity index (χ4n) is 2.78. The highest BCUT2D eigenvalue weighted by atomic mass is 35.5. The second kappa shape index (κ2) is 9.74. The third-order valence-corrected chi connectivity index (χ3v) is 6.32. The van der Waals surface area contributed by atoms with Crippen LogP contribution in [0, 0.1) is 13.8 Å². The fraction of sp³-hybridized carbons (Fsp3) is 0.333. The molecule has 7 heteroatoms. The molecule has 0 fully saturated rings. The van der Waals surface area contributed by atoms with Gasteiger partial charge in [0.25, 0.3) is 5.91 Å². The molecule has 0 saturated heterocycles. The van der Waals surface area contributed by atoms with Crippen molar-refractivity contribution < 1.29 is 4.79 Å². The number of anilines is 1. The van der Waals surface area contributed by atoms with Crippen LogP contribution in [0.3, 0.4) is 0 Å². The van der Waals surface area contributed by atoms with Crippen LogP contribution in [0.1, 0.15) is 21.5 Å². The number of aromatic nitrogens is 1. The summed E-state index contributed by atoms with van der Waals surface area (Å²) in [5.74, 6) is 0.000231. The molecule has 2 aromatic carbocycles.